The maximum Gasteiger partial charge on any atom is 0.254 e. The van der Waals surface area contributed by atoms with Gasteiger partial charge in [0.2, 0.25) is 0 Å². The van der Waals surface area contributed by atoms with Gasteiger partial charge in [-0.1, -0.05) is 6.07 Å². The Labute approximate surface area is 124 Å². The molecule has 1 heterocycles. The molecule has 0 bridgehead atoms. The van der Waals surface area contributed by atoms with Crippen LogP contribution in [0.5, 0.6) is 5.75 Å². The van der Waals surface area contributed by atoms with Crippen LogP contribution in [0.3, 0.4) is 0 Å². The van der Waals surface area contributed by atoms with Gasteiger partial charge in [-0.05, 0) is 43.2 Å². The number of methoxy groups -OCH3 is 1. The number of hydrogen-bond donors (Lipinski definition) is 0. The van der Waals surface area contributed by atoms with Crippen LogP contribution in [0, 0.1) is 0 Å². The van der Waals surface area contributed by atoms with Gasteiger partial charge < -0.3 is 14.2 Å². The molecule has 3 rings (SSSR count). The lowest BCUT2D eigenvalue weighted by Gasteiger charge is -2.23. The molecule has 4 nitrogen and oxygen atoms in total. The first-order valence-electron chi connectivity index (χ1n) is 7.24. The van der Waals surface area contributed by atoms with E-state index in [1.807, 2.05) is 48.5 Å². The highest BCUT2D eigenvalue weighted by Crippen LogP contribution is 2.30. The molecule has 2 aromatic rings. The third-order valence-electron chi connectivity index (χ3n) is 3.95. The van der Waals surface area contributed by atoms with Crippen molar-refractivity contribution >= 4 is 5.91 Å². The monoisotopic (exact) mass is 284 g/mol. The molecule has 1 fully saturated rings. The van der Waals surface area contributed by atoms with Crippen molar-refractivity contribution in [1.29, 1.82) is 0 Å². The summed E-state index contributed by atoms with van der Waals surface area (Å²) in [5.74, 6) is 0.799. The Balaban J connectivity index is 1.83. The Kier molecular flexibility index (Phi) is 3.69. The molecule has 0 unspecified atom stereocenters. The van der Waals surface area contributed by atoms with E-state index in [4.69, 9.17) is 4.74 Å². The average Bonchev–Trinajstić information content (AvgIpc) is 3.27. The summed E-state index contributed by atoms with van der Waals surface area (Å²) in [4.78, 5) is 14.8. The Morgan fingerprint density at radius 3 is 2.76 bits per heavy atom. The number of nitrogens with zero attached hydrogens (tertiary/aromatic N) is 2. The first-order chi connectivity index (χ1) is 10.2. The zero-order valence-electron chi connectivity index (χ0n) is 12.5. The van der Waals surface area contributed by atoms with Crippen LogP contribution in [0.2, 0.25) is 0 Å². The van der Waals surface area contributed by atoms with Crippen LogP contribution in [0.15, 0.2) is 42.6 Å². The molecule has 0 radical (unpaired) electrons. The summed E-state index contributed by atoms with van der Waals surface area (Å²) in [6, 6.07) is 11.8. The second-order valence-electron chi connectivity index (χ2n) is 5.51. The second-order valence-corrected chi connectivity index (χ2v) is 5.51. The van der Waals surface area contributed by atoms with Crippen LogP contribution in [0.4, 0.5) is 0 Å². The van der Waals surface area contributed by atoms with E-state index in [1.54, 1.807) is 7.11 Å². The molecule has 1 aromatic carbocycles. The number of aromatic nitrogens is 1. The lowest BCUT2D eigenvalue weighted by molar-refractivity contribution is 0.0726. The van der Waals surface area contributed by atoms with Crippen molar-refractivity contribution in [3.8, 4) is 5.75 Å². The molecular formula is C17H20N2O2. The third kappa shape index (κ3) is 2.94. The van der Waals surface area contributed by atoms with E-state index in [2.05, 4.69) is 10.6 Å². The van der Waals surface area contributed by atoms with Crippen LogP contribution in [-0.4, -0.2) is 28.5 Å². The quantitative estimate of drug-likeness (QED) is 0.846. The minimum atomic E-state index is 0.0811. The number of ether oxygens (including phenoxy) is 1. The summed E-state index contributed by atoms with van der Waals surface area (Å²) in [5.41, 5.74) is 1.84. The molecule has 0 saturated heterocycles. The lowest BCUT2D eigenvalue weighted by Crippen LogP contribution is -2.33. The third-order valence-corrected chi connectivity index (χ3v) is 3.95. The van der Waals surface area contributed by atoms with Gasteiger partial charge in [-0.3, -0.25) is 4.79 Å². The summed E-state index contributed by atoms with van der Waals surface area (Å²) < 4.78 is 7.27. The molecule has 110 valence electrons. The highest BCUT2D eigenvalue weighted by Gasteiger charge is 2.33. The Morgan fingerprint density at radius 1 is 1.33 bits per heavy atom. The molecule has 21 heavy (non-hydrogen) atoms. The van der Waals surface area contributed by atoms with Crippen LogP contribution in [-0.2, 0) is 13.6 Å². The zero-order chi connectivity index (χ0) is 14.8. The van der Waals surface area contributed by atoms with Crippen LogP contribution in [0.25, 0.3) is 0 Å². The minimum Gasteiger partial charge on any atom is -0.497 e. The van der Waals surface area contributed by atoms with E-state index in [1.165, 1.54) is 0 Å². The topological polar surface area (TPSA) is 34.5 Å². The number of amides is 1. The summed E-state index contributed by atoms with van der Waals surface area (Å²) in [6.07, 6.45) is 4.21. The molecule has 0 atom stereocenters. The summed E-state index contributed by atoms with van der Waals surface area (Å²) in [7, 11) is 3.63. The predicted octanol–water partition coefficient (Wildman–Crippen LogP) is 2.84. The number of rotatable bonds is 5. The number of benzene rings is 1. The summed E-state index contributed by atoms with van der Waals surface area (Å²) >= 11 is 0. The number of hydrogen-bond acceptors (Lipinski definition) is 2. The zero-order valence-corrected chi connectivity index (χ0v) is 12.5. The van der Waals surface area contributed by atoms with Crippen molar-refractivity contribution < 1.29 is 9.53 Å². The van der Waals surface area contributed by atoms with E-state index in [9.17, 15) is 4.79 Å². The van der Waals surface area contributed by atoms with Gasteiger partial charge in [-0.2, -0.15) is 0 Å². The molecule has 4 heteroatoms. The molecule has 1 saturated carbocycles. The number of carbonyl (C=O) groups excluding carboxylic acids is 1. The van der Waals surface area contributed by atoms with Crippen molar-refractivity contribution in [3.63, 3.8) is 0 Å². The first kappa shape index (κ1) is 13.7. The van der Waals surface area contributed by atoms with Crippen LogP contribution >= 0.6 is 0 Å². The fraction of sp³-hybridized carbons (Fsp3) is 0.353. The number of aryl methyl sites for hydroxylation is 1. The lowest BCUT2D eigenvalue weighted by atomic mass is 10.1. The van der Waals surface area contributed by atoms with Gasteiger partial charge >= 0.3 is 0 Å². The first-order valence-corrected chi connectivity index (χ1v) is 7.24. The van der Waals surface area contributed by atoms with E-state index >= 15 is 0 Å². The Morgan fingerprint density at radius 2 is 2.14 bits per heavy atom. The summed E-state index contributed by atoms with van der Waals surface area (Å²) in [6.45, 7) is 0.657. The molecule has 1 aromatic heterocycles. The molecule has 0 aliphatic heterocycles. The van der Waals surface area contributed by atoms with Gasteiger partial charge in [0.1, 0.15) is 5.75 Å². The van der Waals surface area contributed by atoms with Gasteiger partial charge in [0, 0.05) is 30.5 Å². The highest BCUT2D eigenvalue weighted by atomic mass is 16.5. The van der Waals surface area contributed by atoms with Gasteiger partial charge in [0.05, 0.1) is 13.7 Å². The molecule has 1 amide bonds. The van der Waals surface area contributed by atoms with Gasteiger partial charge in [0.15, 0.2) is 0 Å². The van der Waals surface area contributed by atoms with E-state index in [-0.39, 0.29) is 5.91 Å². The van der Waals surface area contributed by atoms with Crippen molar-refractivity contribution in [2.24, 2.45) is 7.05 Å². The molecule has 0 N–H and O–H groups in total. The molecule has 1 aliphatic rings. The van der Waals surface area contributed by atoms with E-state index in [0.29, 0.717) is 18.2 Å². The second kappa shape index (κ2) is 5.64. The minimum absolute atomic E-state index is 0.0811. The SMILES string of the molecule is COc1cccc(C(=O)N(Cc2cccn2C)C2CC2)c1. The van der Waals surface area contributed by atoms with Gasteiger partial charge in [-0.25, -0.2) is 0 Å². The van der Waals surface area contributed by atoms with Gasteiger partial charge in [-0.15, -0.1) is 0 Å². The van der Waals surface area contributed by atoms with Crippen molar-refractivity contribution in [2.75, 3.05) is 7.11 Å². The van der Waals surface area contributed by atoms with Gasteiger partial charge in [0.25, 0.3) is 5.91 Å². The smallest absolute Gasteiger partial charge is 0.254 e. The highest BCUT2D eigenvalue weighted by molar-refractivity contribution is 5.95. The summed E-state index contributed by atoms with van der Waals surface area (Å²) in [5, 5.41) is 0. The molecule has 1 aliphatic carbocycles. The fourth-order valence-electron chi connectivity index (χ4n) is 2.51. The standard InChI is InChI=1S/C17H20N2O2/c1-18-10-4-6-15(18)12-19(14-8-9-14)17(20)13-5-3-7-16(11-13)21-2/h3-7,10-11,14H,8-9,12H2,1-2H3. The van der Waals surface area contributed by atoms with Crippen LogP contribution in [0.1, 0.15) is 28.9 Å². The molecule has 0 spiro atoms. The maximum absolute atomic E-state index is 12.8. The Hall–Kier alpha value is -2.23. The van der Waals surface area contributed by atoms with Crippen molar-refractivity contribution in [3.05, 3.63) is 53.9 Å². The van der Waals surface area contributed by atoms with E-state index < -0.39 is 0 Å². The van der Waals surface area contributed by atoms with Crippen LogP contribution < -0.4 is 4.74 Å². The maximum atomic E-state index is 12.8. The molecular weight excluding hydrogens is 264 g/mol. The number of carbonyl (C=O) groups is 1. The fourth-order valence-corrected chi connectivity index (χ4v) is 2.51. The van der Waals surface area contributed by atoms with Crippen molar-refractivity contribution in [2.45, 2.75) is 25.4 Å². The average molecular weight is 284 g/mol. The largest absolute Gasteiger partial charge is 0.497 e. The van der Waals surface area contributed by atoms with E-state index in [0.717, 1.165) is 24.3 Å². The Bertz CT molecular complexity index is 644. The normalized spacial score (nSPS) is 14.0. The predicted molar refractivity (Wildman–Crippen MR) is 81.3 cm³/mol. The van der Waals surface area contributed by atoms with Crippen molar-refractivity contribution in [1.82, 2.24) is 9.47 Å².